The molecular formula is C13H17BrClNO2. The molecule has 3 nitrogen and oxygen atoms in total. The van der Waals surface area contributed by atoms with E-state index in [4.69, 9.17) is 11.6 Å². The van der Waals surface area contributed by atoms with Gasteiger partial charge < -0.3 is 5.11 Å². The Hall–Kier alpha value is -0.580. The summed E-state index contributed by atoms with van der Waals surface area (Å²) in [7, 11) is 0. The molecule has 0 saturated carbocycles. The average Bonchev–Trinajstić information content (AvgIpc) is 2.32. The molecule has 0 aliphatic heterocycles. The van der Waals surface area contributed by atoms with E-state index in [0.717, 1.165) is 10.0 Å². The highest BCUT2D eigenvalue weighted by Gasteiger charge is 2.34. The molecule has 100 valence electrons. The lowest BCUT2D eigenvalue weighted by Crippen LogP contribution is -2.50. The lowest BCUT2D eigenvalue weighted by molar-refractivity contribution is -0.145. The van der Waals surface area contributed by atoms with Crippen LogP contribution in [-0.2, 0) is 11.3 Å². The second-order valence-corrected chi connectivity index (χ2v) is 5.51. The van der Waals surface area contributed by atoms with Crippen molar-refractivity contribution in [2.45, 2.75) is 38.8 Å². The summed E-state index contributed by atoms with van der Waals surface area (Å²) in [5, 5.41) is 13.0. The smallest absolute Gasteiger partial charge is 0.323 e. The minimum atomic E-state index is -0.879. The lowest BCUT2D eigenvalue weighted by atomic mass is 9.92. The first-order chi connectivity index (χ1) is 8.45. The van der Waals surface area contributed by atoms with Gasteiger partial charge in [0.15, 0.2) is 0 Å². The molecule has 0 aliphatic carbocycles. The van der Waals surface area contributed by atoms with Crippen LogP contribution in [0.3, 0.4) is 0 Å². The second-order valence-electron chi connectivity index (χ2n) is 4.18. The number of aliphatic carboxylic acids is 1. The summed E-state index contributed by atoms with van der Waals surface area (Å²) in [6, 6.07) is 5.58. The van der Waals surface area contributed by atoms with E-state index in [1.807, 2.05) is 26.0 Å². The normalized spacial score (nSPS) is 11.6. The monoisotopic (exact) mass is 333 g/mol. The van der Waals surface area contributed by atoms with Crippen molar-refractivity contribution in [2.24, 2.45) is 0 Å². The van der Waals surface area contributed by atoms with Crippen LogP contribution in [-0.4, -0.2) is 16.6 Å². The number of hydrogen-bond donors (Lipinski definition) is 2. The van der Waals surface area contributed by atoms with E-state index in [2.05, 4.69) is 21.2 Å². The quantitative estimate of drug-likeness (QED) is 0.831. The molecule has 2 N–H and O–H groups in total. The second kappa shape index (κ2) is 6.55. The molecule has 5 heteroatoms. The fraction of sp³-hybridized carbons (Fsp3) is 0.462. The third kappa shape index (κ3) is 3.46. The van der Waals surface area contributed by atoms with E-state index >= 15 is 0 Å². The maximum absolute atomic E-state index is 11.3. The molecule has 0 radical (unpaired) electrons. The van der Waals surface area contributed by atoms with Crippen molar-refractivity contribution < 1.29 is 9.90 Å². The Bertz CT molecular complexity index is 433. The summed E-state index contributed by atoms with van der Waals surface area (Å²) in [6.45, 7) is 4.18. The summed E-state index contributed by atoms with van der Waals surface area (Å²) >= 11 is 9.45. The number of carbonyl (C=O) groups is 1. The van der Waals surface area contributed by atoms with E-state index in [-0.39, 0.29) is 0 Å². The van der Waals surface area contributed by atoms with E-state index < -0.39 is 11.5 Å². The third-order valence-electron chi connectivity index (χ3n) is 3.25. The average molecular weight is 335 g/mol. The van der Waals surface area contributed by atoms with Crippen LogP contribution in [0.25, 0.3) is 0 Å². The summed E-state index contributed by atoms with van der Waals surface area (Å²) in [6.07, 6.45) is 1.07. The van der Waals surface area contributed by atoms with Gasteiger partial charge in [0.25, 0.3) is 0 Å². The van der Waals surface area contributed by atoms with Gasteiger partial charge in [0, 0.05) is 16.0 Å². The molecule has 0 bridgehead atoms. The highest BCUT2D eigenvalue weighted by atomic mass is 79.9. The van der Waals surface area contributed by atoms with Crippen LogP contribution in [0.2, 0.25) is 5.02 Å². The van der Waals surface area contributed by atoms with Crippen LogP contribution in [0.5, 0.6) is 0 Å². The molecule has 0 amide bonds. The first-order valence-electron chi connectivity index (χ1n) is 5.87. The molecule has 1 aromatic rings. The molecule has 0 saturated heterocycles. The van der Waals surface area contributed by atoms with Crippen LogP contribution in [0.1, 0.15) is 32.3 Å². The fourth-order valence-corrected chi connectivity index (χ4v) is 2.55. The molecule has 0 atom stereocenters. The Labute approximate surface area is 121 Å². The molecule has 1 rings (SSSR count). The van der Waals surface area contributed by atoms with Crippen molar-refractivity contribution in [1.82, 2.24) is 5.32 Å². The summed E-state index contributed by atoms with van der Waals surface area (Å²) < 4.78 is 0.909. The van der Waals surface area contributed by atoms with Crippen molar-refractivity contribution in [2.75, 3.05) is 0 Å². The van der Waals surface area contributed by atoms with Crippen LogP contribution >= 0.6 is 27.5 Å². The Kier molecular flexibility index (Phi) is 5.63. The van der Waals surface area contributed by atoms with Crippen LogP contribution in [0.4, 0.5) is 0 Å². The zero-order chi connectivity index (χ0) is 13.8. The van der Waals surface area contributed by atoms with Crippen molar-refractivity contribution in [1.29, 1.82) is 0 Å². The first kappa shape index (κ1) is 15.5. The molecule has 0 fully saturated rings. The minimum Gasteiger partial charge on any atom is -0.480 e. The third-order valence-corrected chi connectivity index (χ3v) is 4.09. The van der Waals surface area contributed by atoms with Crippen molar-refractivity contribution in [3.63, 3.8) is 0 Å². The lowest BCUT2D eigenvalue weighted by Gasteiger charge is -2.28. The highest BCUT2D eigenvalue weighted by Crippen LogP contribution is 2.23. The number of halogens is 2. The number of carboxylic acids is 1. The van der Waals surface area contributed by atoms with Gasteiger partial charge in [0.1, 0.15) is 5.54 Å². The maximum Gasteiger partial charge on any atom is 0.323 e. The number of hydrogen-bond acceptors (Lipinski definition) is 2. The molecule has 0 aliphatic rings. The molecule has 0 heterocycles. The molecule has 1 aromatic carbocycles. The SMILES string of the molecule is CCC(CC)(NCc1ccc(Br)cc1Cl)C(=O)O. The molecule has 18 heavy (non-hydrogen) atoms. The van der Waals surface area contributed by atoms with Crippen LogP contribution in [0, 0.1) is 0 Å². The molecule has 0 aromatic heterocycles. The summed E-state index contributed by atoms with van der Waals surface area (Å²) in [5.41, 5.74) is 0.0172. The fourth-order valence-electron chi connectivity index (χ4n) is 1.81. The molecule has 0 unspecified atom stereocenters. The predicted molar refractivity (Wildman–Crippen MR) is 76.9 cm³/mol. The van der Waals surface area contributed by atoms with E-state index in [1.54, 1.807) is 6.07 Å². The van der Waals surface area contributed by atoms with Gasteiger partial charge >= 0.3 is 5.97 Å². The zero-order valence-electron chi connectivity index (χ0n) is 10.5. The predicted octanol–water partition coefficient (Wildman–Crippen LogP) is 3.84. The topological polar surface area (TPSA) is 49.3 Å². The van der Waals surface area contributed by atoms with Gasteiger partial charge in [-0.2, -0.15) is 0 Å². The summed E-state index contributed by atoms with van der Waals surface area (Å²) in [4.78, 5) is 11.3. The van der Waals surface area contributed by atoms with Crippen molar-refractivity contribution in [3.8, 4) is 0 Å². The Morgan fingerprint density at radius 2 is 2.06 bits per heavy atom. The van der Waals surface area contributed by atoms with Gasteiger partial charge in [-0.3, -0.25) is 10.1 Å². The summed E-state index contributed by atoms with van der Waals surface area (Å²) in [5.74, 6) is -0.819. The largest absolute Gasteiger partial charge is 0.480 e. The molecular weight excluding hydrogens is 318 g/mol. The highest BCUT2D eigenvalue weighted by molar-refractivity contribution is 9.10. The van der Waals surface area contributed by atoms with Gasteiger partial charge in [-0.1, -0.05) is 47.4 Å². The number of rotatable bonds is 6. The first-order valence-corrected chi connectivity index (χ1v) is 7.04. The van der Waals surface area contributed by atoms with E-state index in [0.29, 0.717) is 24.4 Å². The Morgan fingerprint density at radius 1 is 1.44 bits per heavy atom. The van der Waals surface area contributed by atoms with Crippen molar-refractivity contribution in [3.05, 3.63) is 33.3 Å². The van der Waals surface area contributed by atoms with Crippen LogP contribution in [0.15, 0.2) is 22.7 Å². The van der Waals surface area contributed by atoms with Gasteiger partial charge in [-0.25, -0.2) is 0 Å². The molecule has 0 spiro atoms. The van der Waals surface area contributed by atoms with Crippen molar-refractivity contribution >= 4 is 33.5 Å². The standard InChI is InChI=1S/C13H17BrClNO2/c1-3-13(4-2,12(17)18)16-8-9-5-6-10(14)7-11(9)15/h5-7,16H,3-4,8H2,1-2H3,(H,17,18). The van der Waals surface area contributed by atoms with E-state index in [9.17, 15) is 9.90 Å². The zero-order valence-corrected chi connectivity index (χ0v) is 12.8. The number of carboxylic acid groups (broad SMARTS) is 1. The van der Waals surface area contributed by atoms with Gasteiger partial charge in [0.05, 0.1) is 0 Å². The Morgan fingerprint density at radius 3 is 2.50 bits per heavy atom. The Balaban J connectivity index is 2.82. The van der Waals surface area contributed by atoms with E-state index in [1.165, 1.54) is 0 Å². The van der Waals surface area contributed by atoms with Gasteiger partial charge in [-0.05, 0) is 30.5 Å². The minimum absolute atomic E-state index is 0.445. The van der Waals surface area contributed by atoms with Crippen LogP contribution < -0.4 is 5.32 Å². The number of benzene rings is 1. The van der Waals surface area contributed by atoms with Gasteiger partial charge in [-0.15, -0.1) is 0 Å². The van der Waals surface area contributed by atoms with Gasteiger partial charge in [0.2, 0.25) is 0 Å². The maximum atomic E-state index is 11.3. The number of nitrogens with one attached hydrogen (secondary N) is 1.